The third-order valence-electron chi connectivity index (χ3n) is 3.34. The highest BCUT2D eigenvalue weighted by Crippen LogP contribution is 2.21. The lowest BCUT2D eigenvalue weighted by atomic mass is 9.91. The van der Waals surface area contributed by atoms with Crippen LogP contribution in [0.5, 0.6) is 0 Å². The number of nitrogens with one attached hydrogen (secondary N) is 1. The van der Waals surface area contributed by atoms with Crippen molar-refractivity contribution in [3.05, 3.63) is 0 Å². The van der Waals surface area contributed by atoms with Crippen LogP contribution >= 0.6 is 0 Å². The zero-order valence-electron chi connectivity index (χ0n) is 11.0. The highest BCUT2D eigenvalue weighted by atomic mass is 16.5. The number of carbonyl (C=O) groups excluding carboxylic acids is 1. The number of hydrogen-bond donors (Lipinski definition) is 2. The number of aliphatic hydroxyl groups is 1. The smallest absolute Gasteiger partial charge is 0.407 e. The first-order valence-corrected chi connectivity index (χ1v) is 6.26. The number of piperidine rings is 1. The average Bonchev–Trinajstić information content (AvgIpc) is 2.29. The molecule has 2 unspecified atom stereocenters. The summed E-state index contributed by atoms with van der Waals surface area (Å²) in [6.07, 6.45) is 1.34. The maximum atomic E-state index is 11.2. The van der Waals surface area contributed by atoms with Crippen LogP contribution in [-0.2, 0) is 4.74 Å². The van der Waals surface area contributed by atoms with Gasteiger partial charge in [-0.15, -0.1) is 0 Å². The topological polar surface area (TPSA) is 61.8 Å². The molecule has 17 heavy (non-hydrogen) atoms. The van der Waals surface area contributed by atoms with Crippen molar-refractivity contribution in [3.63, 3.8) is 0 Å². The molecular formula is C12H24N2O3. The highest BCUT2D eigenvalue weighted by molar-refractivity contribution is 5.67. The predicted molar refractivity (Wildman–Crippen MR) is 65.8 cm³/mol. The van der Waals surface area contributed by atoms with E-state index < -0.39 is 0 Å². The van der Waals surface area contributed by atoms with Crippen LogP contribution in [0, 0.1) is 5.92 Å². The van der Waals surface area contributed by atoms with Crippen LogP contribution in [0.2, 0.25) is 0 Å². The van der Waals surface area contributed by atoms with E-state index in [2.05, 4.69) is 28.8 Å². The van der Waals surface area contributed by atoms with Gasteiger partial charge in [-0.1, -0.05) is 0 Å². The molecule has 0 aliphatic carbocycles. The second kappa shape index (κ2) is 6.81. The summed E-state index contributed by atoms with van der Waals surface area (Å²) < 4.78 is 4.63. The molecule has 5 nitrogen and oxygen atoms in total. The fourth-order valence-corrected chi connectivity index (χ4v) is 2.38. The Morgan fingerprint density at radius 3 is 2.76 bits per heavy atom. The summed E-state index contributed by atoms with van der Waals surface area (Å²) in [5.41, 5.74) is 0. The molecule has 1 rings (SSSR count). The summed E-state index contributed by atoms with van der Waals surface area (Å²) in [7, 11) is 1.38. The van der Waals surface area contributed by atoms with Crippen molar-refractivity contribution in [2.75, 3.05) is 26.8 Å². The number of rotatable bonds is 4. The molecule has 2 atom stereocenters. The Kier molecular flexibility index (Phi) is 5.71. The second-order valence-corrected chi connectivity index (χ2v) is 4.99. The molecule has 5 heteroatoms. The summed E-state index contributed by atoms with van der Waals surface area (Å²) in [5, 5.41) is 11.9. The van der Waals surface area contributed by atoms with E-state index in [0.29, 0.717) is 12.0 Å². The van der Waals surface area contributed by atoms with Gasteiger partial charge in [-0.25, -0.2) is 4.79 Å². The first-order valence-electron chi connectivity index (χ1n) is 6.26. The van der Waals surface area contributed by atoms with Crippen LogP contribution in [0.15, 0.2) is 0 Å². The van der Waals surface area contributed by atoms with Crippen molar-refractivity contribution in [2.45, 2.75) is 38.8 Å². The predicted octanol–water partition coefficient (Wildman–Crippen LogP) is 0.824. The summed E-state index contributed by atoms with van der Waals surface area (Å²) in [4.78, 5) is 13.6. The van der Waals surface area contributed by atoms with E-state index >= 15 is 0 Å². The molecule has 1 aliphatic rings. The molecule has 100 valence electrons. The van der Waals surface area contributed by atoms with Crippen molar-refractivity contribution < 1.29 is 14.6 Å². The van der Waals surface area contributed by atoms with Gasteiger partial charge in [-0.2, -0.15) is 0 Å². The van der Waals surface area contributed by atoms with Crippen LogP contribution in [0.25, 0.3) is 0 Å². The molecule has 2 N–H and O–H groups in total. The fourth-order valence-electron chi connectivity index (χ4n) is 2.38. The number of alkyl carbamates (subject to hydrolysis) is 1. The van der Waals surface area contributed by atoms with Crippen molar-refractivity contribution in [1.82, 2.24) is 10.2 Å². The molecule has 1 aliphatic heterocycles. The van der Waals surface area contributed by atoms with Crippen LogP contribution in [0.4, 0.5) is 4.79 Å². The Morgan fingerprint density at radius 2 is 2.24 bits per heavy atom. The van der Waals surface area contributed by atoms with Gasteiger partial charge in [0.15, 0.2) is 0 Å². The maximum Gasteiger partial charge on any atom is 0.407 e. The highest BCUT2D eigenvalue weighted by Gasteiger charge is 2.29. The Balaban J connectivity index is 2.55. The maximum absolute atomic E-state index is 11.2. The number of aliphatic hydroxyl groups excluding tert-OH is 1. The normalized spacial score (nSPS) is 25.9. The number of ether oxygens (including phenoxy) is 1. The van der Waals surface area contributed by atoms with Crippen molar-refractivity contribution >= 4 is 6.09 Å². The zero-order chi connectivity index (χ0) is 12.8. The lowest BCUT2D eigenvalue weighted by molar-refractivity contribution is 0.0918. The molecule has 1 amide bonds. The fraction of sp³-hybridized carbons (Fsp3) is 0.917. The molecule has 1 fully saturated rings. The van der Waals surface area contributed by atoms with Crippen LogP contribution in [0.3, 0.4) is 0 Å². The molecular weight excluding hydrogens is 220 g/mol. The van der Waals surface area contributed by atoms with E-state index in [4.69, 9.17) is 5.11 Å². The molecule has 0 aromatic rings. The van der Waals surface area contributed by atoms with E-state index in [1.54, 1.807) is 0 Å². The molecule has 0 radical (unpaired) electrons. The van der Waals surface area contributed by atoms with Gasteiger partial charge >= 0.3 is 6.09 Å². The molecule has 0 aromatic heterocycles. The molecule has 1 heterocycles. The molecule has 0 bridgehead atoms. The summed E-state index contributed by atoms with van der Waals surface area (Å²) in [6, 6.07) is 0.577. The largest absolute Gasteiger partial charge is 0.453 e. The molecule has 1 saturated heterocycles. The van der Waals surface area contributed by atoms with Gasteiger partial charge in [0.05, 0.1) is 7.11 Å². The SMILES string of the molecule is COC(=O)NC1CC(CCO)CN(C(C)C)C1. The van der Waals surface area contributed by atoms with E-state index in [1.807, 2.05) is 0 Å². The number of hydrogen-bond acceptors (Lipinski definition) is 4. The quantitative estimate of drug-likeness (QED) is 0.768. The Labute approximate surface area is 103 Å². The minimum Gasteiger partial charge on any atom is -0.453 e. The molecule has 0 aromatic carbocycles. The lowest BCUT2D eigenvalue weighted by Crippen LogP contribution is -2.52. The first-order chi connectivity index (χ1) is 8.06. The van der Waals surface area contributed by atoms with E-state index in [-0.39, 0.29) is 18.7 Å². The first kappa shape index (κ1) is 14.3. The Hall–Kier alpha value is -0.810. The monoisotopic (exact) mass is 244 g/mol. The number of amides is 1. The van der Waals surface area contributed by atoms with Crippen molar-refractivity contribution in [2.24, 2.45) is 5.92 Å². The van der Waals surface area contributed by atoms with Gasteiger partial charge in [0, 0.05) is 31.8 Å². The second-order valence-electron chi connectivity index (χ2n) is 4.99. The molecule has 0 saturated carbocycles. The Morgan fingerprint density at radius 1 is 1.53 bits per heavy atom. The third kappa shape index (κ3) is 4.52. The lowest BCUT2D eigenvalue weighted by Gasteiger charge is -2.39. The van der Waals surface area contributed by atoms with Gasteiger partial charge in [0.25, 0.3) is 0 Å². The summed E-state index contributed by atoms with van der Waals surface area (Å²) in [6.45, 7) is 6.36. The van der Waals surface area contributed by atoms with Crippen LogP contribution in [-0.4, -0.2) is 55.0 Å². The van der Waals surface area contributed by atoms with Crippen molar-refractivity contribution in [1.29, 1.82) is 0 Å². The van der Waals surface area contributed by atoms with Gasteiger partial charge in [0.2, 0.25) is 0 Å². The van der Waals surface area contributed by atoms with E-state index in [1.165, 1.54) is 7.11 Å². The molecule has 0 spiro atoms. The van der Waals surface area contributed by atoms with E-state index in [9.17, 15) is 4.79 Å². The number of nitrogens with zero attached hydrogens (tertiary/aromatic N) is 1. The summed E-state index contributed by atoms with van der Waals surface area (Å²) >= 11 is 0. The summed E-state index contributed by atoms with van der Waals surface area (Å²) in [5.74, 6) is 0.443. The van der Waals surface area contributed by atoms with Gasteiger partial charge in [-0.3, -0.25) is 4.90 Å². The minimum atomic E-state index is -0.372. The van der Waals surface area contributed by atoms with Gasteiger partial charge in [0.1, 0.15) is 0 Å². The third-order valence-corrected chi connectivity index (χ3v) is 3.34. The van der Waals surface area contributed by atoms with E-state index in [0.717, 1.165) is 25.9 Å². The average molecular weight is 244 g/mol. The number of carbonyl (C=O) groups is 1. The standard InChI is InChI=1S/C12H24N2O3/c1-9(2)14-7-10(4-5-15)6-11(8-14)13-12(16)17-3/h9-11,15H,4-8H2,1-3H3,(H,13,16). The number of methoxy groups -OCH3 is 1. The van der Waals surface area contributed by atoms with Gasteiger partial charge in [-0.05, 0) is 32.6 Å². The van der Waals surface area contributed by atoms with Crippen molar-refractivity contribution in [3.8, 4) is 0 Å². The number of likely N-dealkylation sites (tertiary alicyclic amines) is 1. The minimum absolute atomic E-state index is 0.121. The Bertz CT molecular complexity index is 246. The van der Waals surface area contributed by atoms with Gasteiger partial charge < -0.3 is 15.2 Å². The van der Waals surface area contributed by atoms with Crippen LogP contribution < -0.4 is 5.32 Å². The van der Waals surface area contributed by atoms with Crippen LogP contribution in [0.1, 0.15) is 26.7 Å². The zero-order valence-corrected chi connectivity index (χ0v) is 11.0.